The summed E-state index contributed by atoms with van der Waals surface area (Å²) in [5.74, 6) is 2.12. The summed E-state index contributed by atoms with van der Waals surface area (Å²) in [5, 5.41) is 3.56. The van der Waals surface area contributed by atoms with Crippen LogP contribution in [0.4, 0.5) is 0 Å². The lowest BCUT2D eigenvalue weighted by molar-refractivity contribution is 0.403. The maximum absolute atomic E-state index is 3.56. The molecule has 0 saturated heterocycles. The summed E-state index contributed by atoms with van der Waals surface area (Å²) < 4.78 is 0. The molecule has 0 spiro atoms. The summed E-state index contributed by atoms with van der Waals surface area (Å²) in [6, 6.07) is 0.747. The van der Waals surface area contributed by atoms with Gasteiger partial charge in [0.15, 0.2) is 0 Å². The van der Waals surface area contributed by atoms with Crippen LogP contribution in [0.5, 0.6) is 0 Å². The normalized spacial score (nSPS) is 13.6. The SMILES string of the molecule is CCNC(CCCSC)CC(C)C. The highest BCUT2D eigenvalue weighted by atomic mass is 32.2. The Kier molecular flexibility index (Phi) is 9.10. The van der Waals surface area contributed by atoms with Crippen molar-refractivity contribution in [1.29, 1.82) is 0 Å². The van der Waals surface area contributed by atoms with Crippen molar-refractivity contribution in [1.82, 2.24) is 5.32 Å². The van der Waals surface area contributed by atoms with Crippen LogP contribution >= 0.6 is 11.8 Å². The third-order valence-corrected chi connectivity index (χ3v) is 2.85. The molecular weight excluding hydrogens is 178 g/mol. The van der Waals surface area contributed by atoms with Gasteiger partial charge in [-0.25, -0.2) is 0 Å². The Balaban J connectivity index is 3.53. The van der Waals surface area contributed by atoms with E-state index in [0.717, 1.165) is 18.5 Å². The van der Waals surface area contributed by atoms with Gasteiger partial charge in [0.25, 0.3) is 0 Å². The van der Waals surface area contributed by atoms with Crippen molar-refractivity contribution in [2.24, 2.45) is 5.92 Å². The molecule has 0 radical (unpaired) electrons. The van der Waals surface area contributed by atoms with Gasteiger partial charge in [0.2, 0.25) is 0 Å². The Hall–Kier alpha value is 0.310. The van der Waals surface area contributed by atoms with Crippen molar-refractivity contribution < 1.29 is 0 Å². The Bertz CT molecular complexity index is 104. The van der Waals surface area contributed by atoms with Crippen LogP contribution in [0.2, 0.25) is 0 Å². The van der Waals surface area contributed by atoms with Crippen molar-refractivity contribution in [2.75, 3.05) is 18.6 Å². The summed E-state index contributed by atoms with van der Waals surface area (Å²) in [6.45, 7) is 7.91. The summed E-state index contributed by atoms with van der Waals surface area (Å²) >= 11 is 1.95. The quantitative estimate of drug-likeness (QED) is 0.608. The highest BCUT2D eigenvalue weighted by molar-refractivity contribution is 7.98. The molecule has 0 saturated carbocycles. The van der Waals surface area contributed by atoms with Crippen LogP contribution in [0.25, 0.3) is 0 Å². The van der Waals surface area contributed by atoms with E-state index in [2.05, 4.69) is 32.3 Å². The fourth-order valence-corrected chi connectivity index (χ4v) is 2.09. The van der Waals surface area contributed by atoms with E-state index in [-0.39, 0.29) is 0 Å². The Morgan fingerprint density at radius 3 is 2.46 bits per heavy atom. The van der Waals surface area contributed by atoms with Gasteiger partial charge in [-0.05, 0) is 43.7 Å². The summed E-state index contributed by atoms with van der Waals surface area (Å²) in [6.07, 6.45) is 6.20. The molecule has 0 amide bonds. The third kappa shape index (κ3) is 8.63. The third-order valence-electron chi connectivity index (χ3n) is 2.15. The van der Waals surface area contributed by atoms with Crippen LogP contribution in [0, 0.1) is 5.92 Å². The van der Waals surface area contributed by atoms with Gasteiger partial charge in [-0.1, -0.05) is 20.8 Å². The fraction of sp³-hybridized carbons (Fsp3) is 1.00. The van der Waals surface area contributed by atoms with Gasteiger partial charge in [-0.3, -0.25) is 0 Å². The van der Waals surface area contributed by atoms with E-state index in [1.165, 1.54) is 25.0 Å². The molecule has 1 nitrogen and oxygen atoms in total. The summed E-state index contributed by atoms with van der Waals surface area (Å²) in [5.41, 5.74) is 0. The van der Waals surface area contributed by atoms with Crippen molar-refractivity contribution in [3.63, 3.8) is 0 Å². The molecule has 0 bridgehead atoms. The van der Waals surface area contributed by atoms with Crippen molar-refractivity contribution in [3.05, 3.63) is 0 Å². The van der Waals surface area contributed by atoms with Crippen LogP contribution in [-0.4, -0.2) is 24.6 Å². The smallest absolute Gasteiger partial charge is 0.00696 e. The fourth-order valence-electron chi connectivity index (χ4n) is 1.64. The largest absolute Gasteiger partial charge is 0.314 e. The van der Waals surface area contributed by atoms with Gasteiger partial charge in [0, 0.05) is 6.04 Å². The van der Waals surface area contributed by atoms with E-state index < -0.39 is 0 Å². The zero-order valence-electron chi connectivity index (χ0n) is 9.60. The topological polar surface area (TPSA) is 12.0 Å². The van der Waals surface area contributed by atoms with Gasteiger partial charge < -0.3 is 5.32 Å². The van der Waals surface area contributed by atoms with Gasteiger partial charge in [-0.15, -0.1) is 0 Å². The average Bonchev–Trinajstić information content (AvgIpc) is 2.04. The lowest BCUT2D eigenvalue weighted by Gasteiger charge is -2.19. The second-order valence-electron chi connectivity index (χ2n) is 4.02. The first-order valence-corrected chi connectivity index (χ1v) is 6.82. The minimum Gasteiger partial charge on any atom is -0.314 e. The van der Waals surface area contributed by atoms with Crippen molar-refractivity contribution >= 4 is 11.8 Å². The molecule has 0 aromatic rings. The molecule has 13 heavy (non-hydrogen) atoms. The maximum atomic E-state index is 3.56. The molecule has 1 unspecified atom stereocenters. The molecule has 1 N–H and O–H groups in total. The van der Waals surface area contributed by atoms with Crippen LogP contribution in [-0.2, 0) is 0 Å². The monoisotopic (exact) mass is 203 g/mol. The zero-order chi connectivity index (χ0) is 10.1. The Labute approximate surface area is 88.1 Å². The molecule has 0 aliphatic rings. The molecule has 0 aromatic carbocycles. The van der Waals surface area contributed by atoms with Gasteiger partial charge in [0.1, 0.15) is 0 Å². The van der Waals surface area contributed by atoms with E-state index in [9.17, 15) is 0 Å². The molecule has 0 heterocycles. The average molecular weight is 203 g/mol. The number of thioether (sulfide) groups is 1. The molecule has 0 aliphatic carbocycles. The predicted molar refractivity (Wildman–Crippen MR) is 64.5 cm³/mol. The van der Waals surface area contributed by atoms with Gasteiger partial charge in [0.05, 0.1) is 0 Å². The van der Waals surface area contributed by atoms with E-state index in [4.69, 9.17) is 0 Å². The molecule has 0 rings (SSSR count). The maximum Gasteiger partial charge on any atom is 0.00696 e. The lowest BCUT2D eigenvalue weighted by Crippen LogP contribution is -2.30. The molecule has 1 atom stereocenters. The molecule has 2 heteroatoms. The number of nitrogens with one attached hydrogen (secondary N) is 1. The van der Waals surface area contributed by atoms with Crippen LogP contribution < -0.4 is 5.32 Å². The zero-order valence-corrected chi connectivity index (χ0v) is 10.4. The number of hydrogen-bond acceptors (Lipinski definition) is 2. The lowest BCUT2D eigenvalue weighted by atomic mass is 10.0. The van der Waals surface area contributed by atoms with Crippen LogP contribution in [0.3, 0.4) is 0 Å². The standard InChI is InChI=1S/C11H25NS/c1-5-12-11(9-10(2)3)7-6-8-13-4/h10-12H,5-9H2,1-4H3. The minimum atomic E-state index is 0.747. The molecule has 0 aromatic heterocycles. The second-order valence-corrected chi connectivity index (χ2v) is 5.00. The van der Waals surface area contributed by atoms with E-state index in [0.29, 0.717) is 0 Å². The van der Waals surface area contributed by atoms with E-state index in [1.807, 2.05) is 11.8 Å². The van der Waals surface area contributed by atoms with E-state index >= 15 is 0 Å². The molecule has 80 valence electrons. The van der Waals surface area contributed by atoms with Gasteiger partial charge >= 0.3 is 0 Å². The molecule has 0 fully saturated rings. The first kappa shape index (κ1) is 13.3. The number of rotatable bonds is 8. The Morgan fingerprint density at radius 1 is 1.31 bits per heavy atom. The summed E-state index contributed by atoms with van der Waals surface area (Å²) in [4.78, 5) is 0. The molecule has 0 aliphatic heterocycles. The van der Waals surface area contributed by atoms with Crippen LogP contribution in [0.1, 0.15) is 40.0 Å². The minimum absolute atomic E-state index is 0.747. The number of hydrogen-bond donors (Lipinski definition) is 1. The van der Waals surface area contributed by atoms with E-state index in [1.54, 1.807) is 0 Å². The first-order chi connectivity index (χ1) is 6.20. The first-order valence-electron chi connectivity index (χ1n) is 5.43. The molecular formula is C11H25NS. The van der Waals surface area contributed by atoms with Crippen LogP contribution in [0.15, 0.2) is 0 Å². The highest BCUT2D eigenvalue weighted by Gasteiger charge is 2.08. The van der Waals surface area contributed by atoms with Crippen molar-refractivity contribution in [2.45, 2.75) is 46.1 Å². The summed E-state index contributed by atoms with van der Waals surface area (Å²) in [7, 11) is 0. The Morgan fingerprint density at radius 2 is 2.00 bits per heavy atom. The second kappa shape index (κ2) is 8.89. The predicted octanol–water partition coefficient (Wildman–Crippen LogP) is 3.15. The van der Waals surface area contributed by atoms with Gasteiger partial charge in [-0.2, -0.15) is 11.8 Å². The highest BCUT2D eigenvalue weighted by Crippen LogP contribution is 2.11. The van der Waals surface area contributed by atoms with Crippen molar-refractivity contribution in [3.8, 4) is 0 Å².